The molecule has 4 aromatic rings. The summed E-state index contributed by atoms with van der Waals surface area (Å²) in [5, 5.41) is 4.66. The topological polar surface area (TPSA) is 63.6 Å². The fourth-order valence-electron chi connectivity index (χ4n) is 2.44. The van der Waals surface area contributed by atoms with Gasteiger partial charge in [0.15, 0.2) is 0 Å². The van der Waals surface area contributed by atoms with Gasteiger partial charge in [0.05, 0.1) is 10.9 Å². The third kappa shape index (κ3) is 2.09. The Balaban J connectivity index is 1.93. The summed E-state index contributed by atoms with van der Waals surface area (Å²) in [6.45, 7) is 0. The van der Waals surface area contributed by atoms with Crippen LogP contribution in [0.1, 0.15) is 0 Å². The highest BCUT2D eigenvalue weighted by Crippen LogP contribution is 2.22. The summed E-state index contributed by atoms with van der Waals surface area (Å²) in [7, 11) is 0. The minimum atomic E-state index is -0.171. The van der Waals surface area contributed by atoms with Crippen molar-refractivity contribution in [1.82, 2.24) is 19.7 Å². The van der Waals surface area contributed by atoms with Crippen molar-refractivity contribution in [3.05, 3.63) is 77.3 Å². The van der Waals surface area contributed by atoms with Gasteiger partial charge in [0.25, 0.3) is 5.56 Å². The first-order valence-corrected chi connectivity index (χ1v) is 6.91. The molecule has 0 amide bonds. The number of fused-ring (bicyclic) bond motifs is 1. The summed E-state index contributed by atoms with van der Waals surface area (Å²) in [4.78, 5) is 19.5. The van der Waals surface area contributed by atoms with Crippen LogP contribution in [0.25, 0.3) is 28.0 Å². The van der Waals surface area contributed by atoms with E-state index in [0.29, 0.717) is 16.9 Å². The third-order valence-corrected chi connectivity index (χ3v) is 3.52. The molecule has 0 radical (unpaired) electrons. The Hall–Kier alpha value is -3.21. The SMILES string of the molecule is O=c1[nH]c(-n2cccn2)nc2cc(-c3ccccc3)ccc12. The summed E-state index contributed by atoms with van der Waals surface area (Å²) >= 11 is 0. The first kappa shape index (κ1) is 12.5. The number of nitrogens with zero attached hydrogens (tertiary/aromatic N) is 3. The first-order valence-electron chi connectivity index (χ1n) is 6.91. The molecule has 0 atom stereocenters. The number of hydrogen-bond acceptors (Lipinski definition) is 3. The molecule has 106 valence electrons. The first-order chi connectivity index (χ1) is 10.8. The number of benzene rings is 2. The Morgan fingerprint density at radius 3 is 2.59 bits per heavy atom. The van der Waals surface area contributed by atoms with Crippen LogP contribution in [-0.4, -0.2) is 19.7 Å². The van der Waals surface area contributed by atoms with E-state index >= 15 is 0 Å². The van der Waals surface area contributed by atoms with Gasteiger partial charge < -0.3 is 0 Å². The lowest BCUT2D eigenvalue weighted by molar-refractivity contribution is 0.810. The molecule has 0 aliphatic carbocycles. The zero-order chi connectivity index (χ0) is 14.9. The largest absolute Gasteiger partial charge is 0.290 e. The Kier molecular flexibility index (Phi) is 2.83. The van der Waals surface area contributed by atoms with E-state index < -0.39 is 0 Å². The molecule has 4 rings (SSSR count). The van der Waals surface area contributed by atoms with Crippen molar-refractivity contribution in [2.24, 2.45) is 0 Å². The molecule has 2 aromatic carbocycles. The van der Waals surface area contributed by atoms with E-state index in [9.17, 15) is 4.79 Å². The molecule has 22 heavy (non-hydrogen) atoms. The van der Waals surface area contributed by atoms with Crippen molar-refractivity contribution in [2.45, 2.75) is 0 Å². The van der Waals surface area contributed by atoms with Gasteiger partial charge in [0.2, 0.25) is 5.95 Å². The lowest BCUT2D eigenvalue weighted by Gasteiger charge is -2.05. The van der Waals surface area contributed by atoms with Gasteiger partial charge in [-0.2, -0.15) is 5.10 Å². The van der Waals surface area contributed by atoms with Gasteiger partial charge in [-0.1, -0.05) is 36.4 Å². The quantitative estimate of drug-likeness (QED) is 0.617. The van der Waals surface area contributed by atoms with E-state index in [4.69, 9.17) is 0 Å². The van der Waals surface area contributed by atoms with Crippen LogP contribution in [0.15, 0.2) is 71.8 Å². The monoisotopic (exact) mass is 288 g/mol. The average molecular weight is 288 g/mol. The normalized spacial score (nSPS) is 10.9. The van der Waals surface area contributed by atoms with E-state index in [2.05, 4.69) is 15.1 Å². The van der Waals surface area contributed by atoms with Crippen LogP contribution >= 0.6 is 0 Å². The second kappa shape index (κ2) is 4.96. The lowest BCUT2D eigenvalue weighted by atomic mass is 10.0. The number of aromatic amines is 1. The van der Waals surface area contributed by atoms with Crippen LogP contribution in [-0.2, 0) is 0 Å². The molecule has 0 spiro atoms. The molecule has 0 saturated heterocycles. The summed E-state index contributed by atoms with van der Waals surface area (Å²) < 4.78 is 1.54. The molecule has 2 aromatic heterocycles. The number of hydrogen-bond donors (Lipinski definition) is 1. The lowest BCUT2D eigenvalue weighted by Crippen LogP contribution is -2.13. The predicted octanol–water partition coefficient (Wildman–Crippen LogP) is 2.78. The highest BCUT2D eigenvalue weighted by atomic mass is 16.1. The van der Waals surface area contributed by atoms with Crippen LogP contribution in [0.5, 0.6) is 0 Å². The Morgan fingerprint density at radius 1 is 0.955 bits per heavy atom. The van der Waals surface area contributed by atoms with Gasteiger partial charge >= 0.3 is 0 Å². The Labute approximate surface area is 125 Å². The minimum absolute atomic E-state index is 0.171. The highest BCUT2D eigenvalue weighted by Gasteiger charge is 2.07. The standard InChI is InChI=1S/C17H12N4O/c22-16-14-8-7-13(12-5-2-1-3-6-12)11-15(14)19-17(20-16)21-10-4-9-18-21/h1-11H,(H,19,20,22). The van der Waals surface area contributed by atoms with Gasteiger partial charge in [-0.3, -0.25) is 9.78 Å². The predicted molar refractivity (Wildman–Crippen MR) is 84.9 cm³/mol. The summed E-state index contributed by atoms with van der Waals surface area (Å²) in [5.74, 6) is 0.410. The maximum Gasteiger partial charge on any atom is 0.260 e. The number of H-pyrrole nitrogens is 1. The summed E-state index contributed by atoms with van der Waals surface area (Å²) in [5.41, 5.74) is 2.59. The highest BCUT2D eigenvalue weighted by molar-refractivity contribution is 5.83. The van der Waals surface area contributed by atoms with Crippen LogP contribution in [0, 0.1) is 0 Å². The number of aromatic nitrogens is 4. The van der Waals surface area contributed by atoms with Crippen molar-refractivity contribution < 1.29 is 0 Å². The van der Waals surface area contributed by atoms with Gasteiger partial charge in [-0.15, -0.1) is 0 Å². The molecule has 2 heterocycles. The second-order valence-electron chi connectivity index (χ2n) is 4.94. The number of rotatable bonds is 2. The van der Waals surface area contributed by atoms with Crippen LogP contribution in [0.2, 0.25) is 0 Å². The molecular weight excluding hydrogens is 276 g/mol. The van der Waals surface area contributed by atoms with E-state index in [0.717, 1.165) is 11.1 Å². The molecule has 0 aliphatic rings. The zero-order valence-electron chi connectivity index (χ0n) is 11.6. The minimum Gasteiger partial charge on any atom is -0.290 e. The third-order valence-electron chi connectivity index (χ3n) is 3.52. The fourth-order valence-corrected chi connectivity index (χ4v) is 2.44. The maximum atomic E-state index is 12.2. The molecule has 5 nitrogen and oxygen atoms in total. The van der Waals surface area contributed by atoms with E-state index in [1.165, 1.54) is 4.68 Å². The Bertz CT molecular complexity index is 988. The fraction of sp³-hybridized carbons (Fsp3) is 0. The molecule has 0 aliphatic heterocycles. The van der Waals surface area contributed by atoms with Crippen molar-refractivity contribution in [3.63, 3.8) is 0 Å². The zero-order valence-corrected chi connectivity index (χ0v) is 11.6. The maximum absolute atomic E-state index is 12.2. The molecule has 5 heteroatoms. The molecule has 1 N–H and O–H groups in total. The van der Waals surface area contributed by atoms with Gasteiger partial charge in [-0.25, -0.2) is 9.67 Å². The van der Waals surface area contributed by atoms with E-state index in [1.54, 1.807) is 24.5 Å². The van der Waals surface area contributed by atoms with E-state index in [-0.39, 0.29) is 5.56 Å². The smallest absolute Gasteiger partial charge is 0.260 e. The van der Waals surface area contributed by atoms with Crippen molar-refractivity contribution in [3.8, 4) is 17.1 Å². The van der Waals surface area contributed by atoms with Gasteiger partial charge in [0, 0.05) is 12.4 Å². The van der Waals surface area contributed by atoms with Gasteiger partial charge in [0.1, 0.15) is 0 Å². The Morgan fingerprint density at radius 2 is 1.82 bits per heavy atom. The van der Waals surface area contributed by atoms with Gasteiger partial charge in [-0.05, 0) is 29.3 Å². The second-order valence-corrected chi connectivity index (χ2v) is 4.94. The van der Waals surface area contributed by atoms with Crippen LogP contribution < -0.4 is 5.56 Å². The molecule has 0 saturated carbocycles. The molecule has 0 bridgehead atoms. The van der Waals surface area contributed by atoms with Crippen molar-refractivity contribution >= 4 is 10.9 Å². The average Bonchev–Trinajstić information content (AvgIpc) is 3.09. The van der Waals surface area contributed by atoms with E-state index in [1.807, 2.05) is 42.5 Å². The summed E-state index contributed by atoms with van der Waals surface area (Å²) in [6, 6.07) is 17.4. The van der Waals surface area contributed by atoms with Crippen LogP contribution in [0.3, 0.4) is 0 Å². The van der Waals surface area contributed by atoms with Crippen molar-refractivity contribution in [2.75, 3.05) is 0 Å². The molecule has 0 fully saturated rings. The molecule has 0 unspecified atom stereocenters. The summed E-state index contributed by atoms with van der Waals surface area (Å²) in [6.07, 6.45) is 3.38. The van der Waals surface area contributed by atoms with Crippen LogP contribution in [0.4, 0.5) is 0 Å². The molecular formula is C17H12N4O. The number of nitrogens with one attached hydrogen (secondary N) is 1. The van der Waals surface area contributed by atoms with Crippen molar-refractivity contribution in [1.29, 1.82) is 0 Å².